The Morgan fingerprint density at radius 3 is 0.986 bits per heavy atom. The summed E-state index contributed by atoms with van der Waals surface area (Å²) in [4.78, 5) is 48.5. The Hall–Kier alpha value is -18.1. The Morgan fingerprint density at radius 2 is 0.476 bits per heavy atom. The molecule has 0 unspecified atom stereocenters. The fourth-order valence-electron chi connectivity index (χ4n) is 21.3. The van der Waals surface area contributed by atoms with E-state index in [1.54, 1.807) is 12.4 Å². The fourth-order valence-corrected chi connectivity index (χ4v) is 21.3. The molecule has 5 heterocycles. The van der Waals surface area contributed by atoms with Crippen molar-refractivity contribution in [2.45, 2.75) is 57.8 Å². The van der Waals surface area contributed by atoms with Crippen molar-refractivity contribution in [1.29, 1.82) is 0 Å². The maximum atomic E-state index is 5.08. The van der Waals surface area contributed by atoms with Crippen molar-refractivity contribution >= 4 is 21.5 Å². The third kappa shape index (κ3) is 16.5. The predicted molar refractivity (Wildman–Crippen MR) is 587 cm³/mol. The van der Waals surface area contributed by atoms with E-state index in [4.69, 9.17) is 39.9 Å². The van der Waals surface area contributed by atoms with Gasteiger partial charge in [0, 0.05) is 91.1 Å². The number of hydrogen-bond acceptors (Lipinski definition) is 10. The zero-order chi connectivity index (χ0) is 96.3. The van der Waals surface area contributed by atoms with E-state index in [-0.39, 0.29) is 16.2 Å². The molecule has 10 heteroatoms. The van der Waals surface area contributed by atoms with E-state index in [2.05, 4.69) is 403 Å². The van der Waals surface area contributed by atoms with Crippen LogP contribution in [0.2, 0.25) is 0 Å². The summed E-state index contributed by atoms with van der Waals surface area (Å²) in [5, 5.41) is 5.20. The summed E-state index contributed by atoms with van der Waals surface area (Å²) >= 11 is 0. The summed E-state index contributed by atoms with van der Waals surface area (Å²) in [5.41, 5.74) is 40.5. The van der Waals surface area contributed by atoms with Crippen LogP contribution in [0.3, 0.4) is 0 Å². The van der Waals surface area contributed by atoms with E-state index in [9.17, 15) is 0 Å². The molecule has 0 spiro atoms. The SMILES string of the molecule is CC1(C)c2cccc(-c3ccc(-c4cc(-c5ccc(-c6cccnc6)cc5)nc(-c5ccccc5)n4)cc3)c2-c2ccc3ccccc3c21.CC1(C)c2cccc(-c3ccc(-c4nc(-c5ccccc5)nc(-c5ccc(-c6ccccc6)cc5)n4)cc3)c2-c2c1ccc1ccccc21.CC1(C)c2ccccc2-c2ccc(-c3cccc(-c4nc(-c5ccccc5)nc(-c5ccc(-c6cccnc6)cc5)n4)c3)cc21. The molecule has 0 atom stereocenters. The molecule has 26 rings (SSSR count). The molecular formula is C133H96N10. The van der Waals surface area contributed by atoms with E-state index in [0.717, 1.165) is 94.8 Å². The minimum absolute atomic E-state index is 0.0557. The largest absolute Gasteiger partial charge is 0.264 e. The fraction of sp³-hybridized carbons (Fsp3) is 0.0677. The van der Waals surface area contributed by atoms with E-state index >= 15 is 0 Å². The molecule has 678 valence electrons. The molecule has 0 saturated carbocycles. The summed E-state index contributed by atoms with van der Waals surface area (Å²) in [5.74, 6) is 4.60. The molecule has 0 saturated heterocycles. The van der Waals surface area contributed by atoms with Crippen molar-refractivity contribution in [3.05, 3.63) is 507 Å². The molecule has 23 aromatic rings. The van der Waals surface area contributed by atoms with E-state index in [1.165, 1.54) is 122 Å². The molecule has 0 fully saturated rings. The second-order valence-electron chi connectivity index (χ2n) is 38.5. The number of aromatic nitrogens is 10. The van der Waals surface area contributed by atoms with Crippen LogP contribution in [-0.2, 0) is 16.2 Å². The highest BCUT2D eigenvalue weighted by Crippen LogP contribution is 2.57. The number of benzene rings is 18. The molecule has 18 aromatic carbocycles. The maximum absolute atomic E-state index is 5.08. The van der Waals surface area contributed by atoms with Crippen LogP contribution in [0.1, 0.15) is 74.9 Å². The lowest BCUT2D eigenvalue weighted by Gasteiger charge is -2.23. The van der Waals surface area contributed by atoms with Gasteiger partial charge < -0.3 is 0 Å². The third-order valence-electron chi connectivity index (χ3n) is 28.8. The average Bonchev–Trinajstić information content (AvgIpc) is 1.56. The van der Waals surface area contributed by atoms with Gasteiger partial charge in [-0.15, -0.1) is 0 Å². The van der Waals surface area contributed by atoms with E-state index < -0.39 is 0 Å². The van der Waals surface area contributed by atoms with Crippen molar-refractivity contribution in [3.8, 4) is 202 Å². The number of fused-ring (bicyclic) bond motifs is 13. The summed E-state index contributed by atoms with van der Waals surface area (Å²) < 4.78 is 0. The second-order valence-corrected chi connectivity index (χ2v) is 38.5. The Morgan fingerprint density at radius 1 is 0.161 bits per heavy atom. The number of nitrogens with zero attached hydrogens (tertiary/aromatic N) is 10. The molecular weight excluding hydrogens is 1740 g/mol. The second kappa shape index (κ2) is 36.7. The lowest BCUT2D eigenvalue weighted by atomic mass is 9.80. The third-order valence-corrected chi connectivity index (χ3v) is 28.8. The quantitative estimate of drug-likeness (QED) is 0.0978. The average molecular weight is 1830 g/mol. The lowest BCUT2D eigenvalue weighted by molar-refractivity contribution is 0.660. The topological polar surface area (TPSA) is 129 Å². The number of pyridine rings is 2. The van der Waals surface area contributed by atoms with Gasteiger partial charge in [0.15, 0.2) is 40.8 Å². The summed E-state index contributed by atoms with van der Waals surface area (Å²) in [6.45, 7) is 14.0. The van der Waals surface area contributed by atoms with Gasteiger partial charge in [-0.25, -0.2) is 39.9 Å². The first-order valence-electron chi connectivity index (χ1n) is 48.8. The molecule has 10 nitrogen and oxygen atoms in total. The normalized spacial score (nSPS) is 12.9. The van der Waals surface area contributed by atoms with Crippen molar-refractivity contribution in [2.24, 2.45) is 0 Å². The lowest BCUT2D eigenvalue weighted by Crippen LogP contribution is -2.15. The molecule has 0 bridgehead atoms. The van der Waals surface area contributed by atoms with Gasteiger partial charge in [0.25, 0.3) is 0 Å². The first-order valence-corrected chi connectivity index (χ1v) is 48.8. The predicted octanol–water partition coefficient (Wildman–Crippen LogP) is 33.2. The Balaban J connectivity index is 0.000000116. The molecule has 0 aliphatic heterocycles. The molecule has 3 aliphatic rings. The van der Waals surface area contributed by atoms with Crippen LogP contribution in [-0.4, -0.2) is 49.8 Å². The van der Waals surface area contributed by atoms with Gasteiger partial charge in [-0.05, 0) is 185 Å². The monoisotopic (exact) mass is 1830 g/mol. The molecule has 0 radical (unpaired) electrons. The van der Waals surface area contributed by atoms with Crippen molar-refractivity contribution in [1.82, 2.24) is 49.8 Å². The van der Waals surface area contributed by atoms with Crippen molar-refractivity contribution in [3.63, 3.8) is 0 Å². The van der Waals surface area contributed by atoms with E-state index in [1.807, 2.05) is 109 Å². The van der Waals surface area contributed by atoms with Gasteiger partial charge >= 0.3 is 0 Å². The number of hydrogen-bond donors (Lipinski definition) is 0. The maximum Gasteiger partial charge on any atom is 0.164 e. The minimum atomic E-state index is -0.0944. The Kier molecular flexibility index (Phi) is 22.5. The first-order chi connectivity index (χ1) is 70.1. The highest BCUT2D eigenvalue weighted by molar-refractivity contribution is 6.07. The van der Waals surface area contributed by atoms with E-state index in [0.29, 0.717) is 40.8 Å². The van der Waals surface area contributed by atoms with Crippen molar-refractivity contribution < 1.29 is 0 Å². The summed E-state index contributed by atoms with van der Waals surface area (Å²) in [7, 11) is 0. The molecule has 0 amide bonds. The summed E-state index contributed by atoms with van der Waals surface area (Å²) in [6.07, 6.45) is 7.35. The zero-order valence-electron chi connectivity index (χ0n) is 80.0. The highest BCUT2D eigenvalue weighted by Gasteiger charge is 2.41. The molecule has 5 aromatic heterocycles. The van der Waals surface area contributed by atoms with Crippen LogP contribution < -0.4 is 0 Å². The van der Waals surface area contributed by atoms with Crippen LogP contribution in [0.5, 0.6) is 0 Å². The zero-order valence-corrected chi connectivity index (χ0v) is 80.0. The first kappa shape index (κ1) is 87.6. The smallest absolute Gasteiger partial charge is 0.164 e. The van der Waals surface area contributed by atoms with Gasteiger partial charge in [0.1, 0.15) is 0 Å². The van der Waals surface area contributed by atoms with Crippen LogP contribution in [0.15, 0.2) is 474 Å². The van der Waals surface area contributed by atoms with Crippen LogP contribution in [0, 0.1) is 0 Å². The Labute approximate surface area is 832 Å². The molecule has 0 N–H and O–H groups in total. The highest BCUT2D eigenvalue weighted by atomic mass is 15.0. The minimum Gasteiger partial charge on any atom is -0.264 e. The van der Waals surface area contributed by atoms with Crippen LogP contribution in [0.25, 0.3) is 224 Å². The molecule has 3 aliphatic carbocycles. The standard InChI is InChI=1S/2C46H33N3.C41H30N4/c1-46(2)39-19-11-18-38(41(39)42-37-17-10-9-14-32(37)28-29-40(42)46)33-22-26-36(27-23-33)45-48-43(34-15-7-4-8-16-34)47-44(49-45)35-24-20-31(21-25-35)30-12-5-3-6-13-30;1-46(2)40-16-8-15-37(43(40)39-26-25-31-10-6-7-14-38(31)44(39)46)32-19-23-34(24-20-32)42-28-41(48-45(49-42)35-11-4-3-5-12-35)33-21-17-30(18-22-33)36-13-9-27-47-29-36;1-41(2)36-16-7-6-15-34(36)35-22-21-31(25-37(35)41)30-12-8-13-32(24-30)40-44-38(28-10-4-3-5-11-28)43-39(45-40)29-19-17-27(18-20-29)33-14-9-23-42-26-33/h2*3-29H,1-2H3;3-26H,1-2H3. The van der Waals surface area contributed by atoms with Gasteiger partial charge in [0.05, 0.1) is 11.4 Å². The van der Waals surface area contributed by atoms with Gasteiger partial charge in [0.2, 0.25) is 0 Å². The van der Waals surface area contributed by atoms with Gasteiger partial charge in [-0.1, -0.05) is 460 Å². The molecule has 143 heavy (non-hydrogen) atoms. The summed E-state index contributed by atoms with van der Waals surface area (Å²) in [6, 6.07) is 158. The van der Waals surface area contributed by atoms with Gasteiger partial charge in [-0.3, -0.25) is 9.97 Å². The Bertz CT molecular complexity index is 8760. The van der Waals surface area contributed by atoms with Crippen molar-refractivity contribution in [2.75, 3.05) is 0 Å². The van der Waals surface area contributed by atoms with Crippen LogP contribution in [0.4, 0.5) is 0 Å². The van der Waals surface area contributed by atoms with Crippen LogP contribution >= 0.6 is 0 Å². The number of rotatable bonds is 15. The van der Waals surface area contributed by atoms with Gasteiger partial charge in [-0.2, -0.15) is 0 Å².